The lowest BCUT2D eigenvalue weighted by molar-refractivity contribution is 0.871. The summed E-state index contributed by atoms with van der Waals surface area (Å²) in [6.45, 7) is 2.05. The average molecular weight is 373 g/mol. The molecule has 0 atom stereocenters. The Bertz CT molecular complexity index is 860. The molecule has 0 saturated heterocycles. The van der Waals surface area contributed by atoms with Crippen molar-refractivity contribution in [1.29, 1.82) is 0 Å². The van der Waals surface area contributed by atoms with Crippen molar-refractivity contribution in [2.24, 2.45) is 5.10 Å². The molecule has 4 nitrogen and oxygen atoms in total. The maximum atomic E-state index is 5.26. The van der Waals surface area contributed by atoms with Crippen LogP contribution >= 0.6 is 28.1 Å². The normalized spacial score (nSPS) is 11.2. The van der Waals surface area contributed by atoms with E-state index in [0.29, 0.717) is 10.6 Å². The van der Waals surface area contributed by atoms with Gasteiger partial charge in [-0.25, -0.2) is 5.10 Å². The van der Waals surface area contributed by atoms with Crippen LogP contribution in [0.1, 0.15) is 11.1 Å². The molecule has 1 N–H and O–H groups in total. The van der Waals surface area contributed by atoms with E-state index in [1.807, 2.05) is 55.5 Å². The highest BCUT2D eigenvalue weighted by Gasteiger charge is 2.07. The van der Waals surface area contributed by atoms with Gasteiger partial charge < -0.3 is 0 Å². The molecule has 0 unspecified atom stereocenters. The van der Waals surface area contributed by atoms with Gasteiger partial charge in [0.05, 0.1) is 6.21 Å². The van der Waals surface area contributed by atoms with Crippen LogP contribution in [-0.4, -0.2) is 21.1 Å². The highest BCUT2D eigenvalue weighted by molar-refractivity contribution is 9.10. The summed E-state index contributed by atoms with van der Waals surface area (Å²) in [6.07, 6.45) is 1.76. The first-order chi connectivity index (χ1) is 10.6. The van der Waals surface area contributed by atoms with Crippen LogP contribution in [0.15, 0.2) is 58.1 Å². The number of rotatable bonds is 3. The Labute approximate surface area is 141 Å². The summed E-state index contributed by atoms with van der Waals surface area (Å²) >= 11 is 8.67. The summed E-state index contributed by atoms with van der Waals surface area (Å²) < 4.78 is 3.12. The van der Waals surface area contributed by atoms with Crippen molar-refractivity contribution in [3.63, 3.8) is 0 Å². The Balaban J connectivity index is 1.97. The molecular weight excluding hydrogens is 360 g/mol. The summed E-state index contributed by atoms with van der Waals surface area (Å²) in [7, 11) is 0. The van der Waals surface area contributed by atoms with E-state index in [1.165, 1.54) is 5.56 Å². The zero-order valence-electron chi connectivity index (χ0n) is 11.8. The SMILES string of the molecule is Cc1ccc(-c2n[nH]c(=S)n2/N=C/c2ccc(Br)cc2)cc1. The monoisotopic (exact) mass is 372 g/mol. The molecule has 110 valence electrons. The zero-order valence-corrected chi connectivity index (χ0v) is 14.2. The first-order valence-corrected chi connectivity index (χ1v) is 7.88. The molecule has 0 radical (unpaired) electrons. The van der Waals surface area contributed by atoms with E-state index < -0.39 is 0 Å². The molecule has 0 saturated carbocycles. The Morgan fingerprint density at radius 3 is 2.50 bits per heavy atom. The minimum absolute atomic E-state index is 0.462. The number of halogens is 1. The molecule has 0 spiro atoms. The van der Waals surface area contributed by atoms with Gasteiger partial charge in [-0.05, 0) is 36.8 Å². The van der Waals surface area contributed by atoms with Gasteiger partial charge in [-0.3, -0.25) is 0 Å². The van der Waals surface area contributed by atoms with Gasteiger partial charge in [-0.1, -0.05) is 57.9 Å². The molecule has 0 bridgehead atoms. The van der Waals surface area contributed by atoms with Gasteiger partial charge in [0.1, 0.15) is 0 Å². The number of H-pyrrole nitrogens is 1. The fourth-order valence-corrected chi connectivity index (χ4v) is 2.41. The van der Waals surface area contributed by atoms with Crippen LogP contribution in [0.5, 0.6) is 0 Å². The third-order valence-electron chi connectivity index (χ3n) is 3.15. The molecule has 3 aromatic rings. The molecule has 3 rings (SSSR count). The van der Waals surface area contributed by atoms with Crippen molar-refractivity contribution >= 4 is 34.4 Å². The fraction of sp³-hybridized carbons (Fsp3) is 0.0625. The lowest BCUT2D eigenvalue weighted by Gasteiger charge is -2.01. The first kappa shape index (κ1) is 14.9. The van der Waals surface area contributed by atoms with Crippen LogP contribution in [0.25, 0.3) is 11.4 Å². The Morgan fingerprint density at radius 2 is 1.82 bits per heavy atom. The van der Waals surface area contributed by atoms with E-state index >= 15 is 0 Å². The van der Waals surface area contributed by atoms with Gasteiger partial charge in [0.15, 0.2) is 5.82 Å². The number of hydrogen-bond acceptors (Lipinski definition) is 3. The van der Waals surface area contributed by atoms with Gasteiger partial charge in [0.25, 0.3) is 0 Å². The molecular formula is C16H13BrN4S. The number of nitrogens with zero attached hydrogens (tertiary/aromatic N) is 3. The van der Waals surface area contributed by atoms with Crippen LogP contribution in [0, 0.1) is 11.7 Å². The highest BCUT2D eigenvalue weighted by Crippen LogP contribution is 2.18. The standard InChI is InChI=1S/C16H13BrN4S/c1-11-2-6-13(7-3-11)15-19-20-16(22)21(15)18-10-12-4-8-14(17)9-5-12/h2-10H,1H3,(H,20,22)/b18-10+. The maximum absolute atomic E-state index is 5.26. The van der Waals surface area contributed by atoms with E-state index in [-0.39, 0.29) is 0 Å². The van der Waals surface area contributed by atoms with Crippen LogP contribution in [0.2, 0.25) is 0 Å². The van der Waals surface area contributed by atoms with Gasteiger partial charge in [-0.15, -0.1) is 0 Å². The highest BCUT2D eigenvalue weighted by atomic mass is 79.9. The molecule has 0 aliphatic carbocycles. The molecule has 2 aromatic carbocycles. The first-order valence-electron chi connectivity index (χ1n) is 6.68. The molecule has 22 heavy (non-hydrogen) atoms. The van der Waals surface area contributed by atoms with Crippen molar-refractivity contribution in [3.8, 4) is 11.4 Å². The second kappa shape index (κ2) is 6.37. The van der Waals surface area contributed by atoms with Gasteiger partial charge >= 0.3 is 0 Å². The van der Waals surface area contributed by atoms with Crippen LogP contribution < -0.4 is 0 Å². The summed E-state index contributed by atoms with van der Waals surface area (Å²) in [6, 6.07) is 16.0. The third-order valence-corrected chi connectivity index (χ3v) is 3.95. The maximum Gasteiger partial charge on any atom is 0.216 e. The predicted molar refractivity (Wildman–Crippen MR) is 94.7 cm³/mol. The molecule has 0 aliphatic heterocycles. The van der Waals surface area contributed by atoms with Crippen LogP contribution in [0.3, 0.4) is 0 Å². The van der Waals surface area contributed by atoms with Crippen molar-refractivity contribution in [1.82, 2.24) is 14.9 Å². The predicted octanol–water partition coefficient (Wildman–Crippen LogP) is 4.56. The summed E-state index contributed by atoms with van der Waals surface area (Å²) in [5.41, 5.74) is 3.15. The quantitative estimate of drug-likeness (QED) is 0.540. The summed E-state index contributed by atoms with van der Waals surface area (Å²) in [5.74, 6) is 0.693. The smallest absolute Gasteiger partial charge is 0.216 e. The molecule has 0 fully saturated rings. The Hall–Kier alpha value is -2.05. The molecule has 1 aromatic heterocycles. The minimum Gasteiger partial charge on any atom is -0.250 e. The average Bonchev–Trinajstić information content (AvgIpc) is 2.89. The van der Waals surface area contributed by atoms with Crippen molar-refractivity contribution in [3.05, 3.63) is 68.9 Å². The second-order valence-corrected chi connectivity index (χ2v) is 6.13. The van der Waals surface area contributed by atoms with Crippen LogP contribution in [0.4, 0.5) is 0 Å². The Kier molecular flexibility index (Phi) is 4.31. The van der Waals surface area contributed by atoms with E-state index in [1.54, 1.807) is 10.9 Å². The number of aromatic nitrogens is 3. The van der Waals surface area contributed by atoms with Gasteiger partial charge in [0.2, 0.25) is 4.77 Å². The fourth-order valence-electron chi connectivity index (χ4n) is 1.96. The lowest BCUT2D eigenvalue weighted by atomic mass is 10.1. The topological polar surface area (TPSA) is 46.0 Å². The third kappa shape index (κ3) is 3.23. The van der Waals surface area contributed by atoms with Crippen molar-refractivity contribution < 1.29 is 0 Å². The van der Waals surface area contributed by atoms with E-state index in [9.17, 15) is 0 Å². The summed E-state index contributed by atoms with van der Waals surface area (Å²) in [4.78, 5) is 0. The van der Waals surface area contributed by atoms with Gasteiger partial charge in [0, 0.05) is 10.0 Å². The van der Waals surface area contributed by atoms with Crippen molar-refractivity contribution in [2.75, 3.05) is 0 Å². The summed E-state index contributed by atoms with van der Waals surface area (Å²) in [5, 5.41) is 11.5. The largest absolute Gasteiger partial charge is 0.250 e. The molecule has 6 heteroatoms. The van der Waals surface area contributed by atoms with E-state index in [2.05, 4.69) is 31.2 Å². The van der Waals surface area contributed by atoms with Crippen molar-refractivity contribution in [2.45, 2.75) is 6.92 Å². The minimum atomic E-state index is 0.462. The number of aromatic amines is 1. The van der Waals surface area contributed by atoms with Crippen LogP contribution in [-0.2, 0) is 0 Å². The van der Waals surface area contributed by atoms with E-state index in [0.717, 1.165) is 15.6 Å². The lowest BCUT2D eigenvalue weighted by Crippen LogP contribution is -1.95. The Morgan fingerprint density at radius 1 is 1.14 bits per heavy atom. The number of hydrogen-bond donors (Lipinski definition) is 1. The number of aryl methyl sites for hydroxylation is 1. The number of nitrogens with one attached hydrogen (secondary N) is 1. The molecule has 1 heterocycles. The zero-order chi connectivity index (χ0) is 15.5. The molecule has 0 aliphatic rings. The van der Waals surface area contributed by atoms with E-state index in [4.69, 9.17) is 12.2 Å². The number of benzene rings is 2. The molecule has 0 amide bonds. The second-order valence-electron chi connectivity index (χ2n) is 4.83. The van der Waals surface area contributed by atoms with Gasteiger partial charge in [-0.2, -0.15) is 14.9 Å².